The van der Waals surface area contributed by atoms with Gasteiger partial charge in [0, 0.05) is 0 Å². The smallest absolute Gasteiger partial charge is 0.147 e. The van der Waals surface area contributed by atoms with E-state index in [0.717, 1.165) is 0 Å². The molecule has 0 aromatic heterocycles. The molecule has 0 saturated heterocycles. The summed E-state index contributed by atoms with van der Waals surface area (Å²) < 4.78 is 9.47. The standard InChI is InChI=1S/C2H4ClOP.2ClH/c3-1-2-5-4;;/h1-2H2;2*1H/p+1. The molecule has 0 aliphatic carbocycles. The number of rotatable bonds is 2. The lowest BCUT2D eigenvalue weighted by atomic mass is 11.0. The van der Waals surface area contributed by atoms with E-state index in [1.54, 1.807) is 0 Å². The average Bonchev–Trinajstić information content (AvgIpc) is 1.41. The lowest BCUT2D eigenvalue weighted by molar-refractivity contribution is 0.599. The van der Waals surface area contributed by atoms with Gasteiger partial charge in [0.15, 0.2) is 6.16 Å². The van der Waals surface area contributed by atoms with E-state index in [9.17, 15) is 4.57 Å². The van der Waals surface area contributed by atoms with Gasteiger partial charge in [0.1, 0.15) is 0 Å². The molecular formula is C2H7Cl3OP+. The minimum Gasteiger partial charge on any atom is -0.147 e. The molecule has 0 spiro atoms. The van der Waals surface area contributed by atoms with E-state index in [1.807, 2.05) is 0 Å². The average molecular weight is 184 g/mol. The van der Waals surface area contributed by atoms with Crippen LogP contribution in [0.1, 0.15) is 0 Å². The molecule has 0 aromatic carbocycles. The van der Waals surface area contributed by atoms with Crippen molar-refractivity contribution in [3.63, 3.8) is 0 Å². The molecule has 46 valence electrons. The molecule has 0 aliphatic heterocycles. The van der Waals surface area contributed by atoms with Crippen molar-refractivity contribution in [3.8, 4) is 0 Å². The molecule has 0 aliphatic rings. The molecule has 0 aromatic rings. The Bertz CT molecular complexity index is 34.1. The first-order valence-electron chi connectivity index (χ1n) is 1.32. The Balaban J connectivity index is -0.0000000800. The van der Waals surface area contributed by atoms with Crippen LogP contribution in [0.15, 0.2) is 0 Å². The highest BCUT2D eigenvalue weighted by Crippen LogP contribution is 1.89. The molecule has 0 radical (unpaired) electrons. The largest absolute Gasteiger partial charge is 0.326 e. The zero-order valence-electron chi connectivity index (χ0n) is 3.52. The molecule has 0 bridgehead atoms. The Morgan fingerprint density at radius 2 is 1.86 bits per heavy atom. The zero-order chi connectivity index (χ0) is 4.12. The lowest BCUT2D eigenvalue weighted by Gasteiger charge is -1.56. The van der Waals surface area contributed by atoms with Gasteiger partial charge in [-0.15, -0.1) is 36.4 Å². The van der Waals surface area contributed by atoms with Crippen LogP contribution in [0.3, 0.4) is 0 Å². The summed E-state index contributed by atoms with van der Waals surface area (Å²) in [5.41, 5.74) is 0. The lowest BCUT2D eigenvalue weighted by Crippen LogP contribution is -1.65. The third-order valence-electron chi connectivity index (χ3n) is 0.197. The van der Waals surface area contributed by atoms with E-state index >= 15 is 0 Å². The van der Waals surface area contributed by atoms with Gasteiger partial charge in [-0.3, -0.25) is 0 Å². The summed E-state index contributed by atoms with van der Waals surface area (Å²) in [6.07, 6.45) is 0.627. The van der Waals surface area contributed by atoms with E-state index in [0.29, 0.717) is 12.0 Å². The molecule has 1 atom stereocenters. The van der Waals surface area contributed by atoms with Crippen LogP contribution in [0, 0.1) is 0 Å². The van der Waals surface area contributed by atoms with Crippen molar-refractivity contribution in [1.29, 1.82) is 0 Å². The minimum absolute atomic E-state index is 0. The van der Waals surface area contributed by atoms with E-state index in [4.69, 9.17) is 11.6 Å². The van der Waals surface area contributed by atoms with Crippen molar-refractivity contribution in [2.75, 3.05) is 12.0 Å². The Kier molecular flexibility index (Phi) is 35.3. The van der Waals surface area contributed by atoms with Crippen molar-refractivity contribution in [1.82, 2.24) is 0 Å². The van der Waals surface area contributed by atoms with Gasteiger partial charge >= 0.3 is 8.46 Å². The van der Waals surface area contributed by atoms with Crippen LogP contribution in [0.5, 0.6) is 0 Å². The molecule has 0 N–H and O–H groups in total. The second-order valence-electron chi connectivity index (χ2n) is 0.583. The quantitative estimate of drug-likeness (QED) is 0.474. The Hall–Kier alpha value is 0.970. The third kappa shape index (κ3) is 19.5. The molecule has 0 rings (SSSR count). The fourth-order valence-corrected chi connectivity index (χ4v) is 0.347. The summed E-state index contributed by atoms with van der Waals surface area (Å²) in [6.45, 7) is 0. The van der Waals surface area contributed by atoms with E-state index in [-0.39, 0.29) is 33.3 Å². The second kappa shape index (κ2) is 15.8. The van der Waals surface area contributed by atoms with Crippen LogP contribution >= 0.6 is 44.9 Å². The van der Waals surface area contributed by atoms with Gasteiger partial charge in [0.25, 0.3) is 0 Å². The van der Waals surface area contributed by atoms with Gasteiger partial charge < -0.3 is 0 Å². The van der Waals surface area contributed by atoms with Crippen molar-refractivity contribution in [2.24, 2.45) is 0 Å². The van der Waals surface area contributed by atoms with Crippen molar-refractivity contribution < 1.29 is 4.57 Å². The molecule has 1 unspecified atom stereocenters. The highest BCUT2D eigenvalue weighted by atomic mass is 35.5. The van der Waals surface area contributed by atoms with Crippen LogP contribution in [0.2, 0.25) is 0 Å². The normalized spacial score (nSPS) is 6.43. The van der Waals surface area contributed by atoms with Crippen LogP contribution in [0.25, 0.3) is 0 Å². The molecule has 0 fully saturated rings. The van der Waals surface area contributed by atoms with Gasteiger partial charge in [0.2, 0.25) is 0 Å². The summed E-state index contributed by atoms with van der Waals surface area (Å²) in [5, 5.41) is 0. The zero-order valence-corrected chi connectivity index (χ0v) is 6.91. The summed E-state index contributed by atoms with van der Waals surface area (Å²) in [4.78, 5) is 0. The van der Waals surface area contributed by atoms with E-state index < -0.39 is 0 Å². The first-order valence-corrected chi connectivity index (χ1v) is 2.97. The van der Waals surface area contributed by atoms with E-state index in [2.05, 4.69) is 0 Å². The number of hydrogen-bond acceptors (Lipinski definition) is 1. The number of halogens is 3. The SMILES string of the molecule is Cl.Cl.O=[PH+]CCCl. The third-order valence-corrected chi connectivity index (χ3v) is 1.16. The second-order valence-corrected chi connectivity index (χ2v) is 1.75. The highest BCUT2D eigenvalue weighted by molar-refractivity contribution is 7.23. The predicted molar refractivity (Wildman–Crippen MR) is 39.1 cm³/mol. The maximum atomic E-state index is 9.47. The van der Waals surface area contributed by atoms with Gasteiger partial charge in [-0.1, -0.05) is 4.57 Å². The first kappa shape index (κ1) is 15.7. The van der Waals surface area contributed by atoms with Crippen LogP contribution in [-0.2, 0) is 4.57 Å². The number of alkyl halides is 1. The molecular weight excluding hydrogens is 177 g/mol. The first-order chi connectivity index (χ1) is 2.41. The van der Waals surface area contributed by atoms with Crippen LogP contribution < -0.4 is 0 Å². The monoisotopic (exact) mass is 183 g/mol. The van der Waals surface area contributed by atoms with Crippen LogP contribution in [0.4, 0.5) is 0 Å². The van der Waals surface area contributed by atoms with Gasteiger partial charge in [-0.2, -0.15) is 0 Å². The van der Waals surface area contributed by atoms with Crippen molar-refractivity contribution >= 4 is 44.9 Å². The van der Waals surface area contributed by atoms with E-state index in [1.165, 1.54) is 0 Å². The minimum atomic E-state index is -0.224. The molecule has 0 heterocycles. The highest BCUT2D eigenvalue weighted by Gasteiger charge is 1.80. The molecule has 1 nitrogen and oxygen atoms in total. The Morgan fingerprint density at radius 3 is 1.86 bits per heavy atom. The Labute approximate surface area is 61.8 Å². The number of hydrogen-bond donors (Lipinski definition) is 0. The molecule has 0 saturated carbocycles. The van der Waals surface area contributed by atoms with Crippen molar-refractivity contribution in [3.05, 3.63) is 0 Å². The predicted octanol–water partition coefficient (Wildman–Crippen LogP) is 2.09. The molecule has 7 heavy (non-hydrogen) atoms. The van der Waals surface area contributed by atoms with Crippen LogP contribution in [-0.4, -0.2) is 12.0 Å². The Morgan fingerprint density at radius 1 is 1.43 bits per heavy atom. The molecule has 0 amide bonds. The maximum Gasteiger partial charge on any atom is 0.326 e. The van der Waals surface area contributed by atoms with Gasteiger partial charge in [-0.25, -0.2) is 0 Å². The van der Waals surface area contributed by atoms with Crippen molar-refractivity contribution in [2.45, 2.75) is 0 Å². The maximum absolute atomic E-state index is 9.47. The van der Waals surface area contributed by atoms with Gasteiger partial charge in [0.05, 0.1) is 5.88 Å². The van der Waals surface area contributed by atoms with Gasteiger partial charge in [-0.05, 0) is 0 Å². The summed E-state index contributed by atoms with van der Waals surface area (Å²) >= 11 is 5.11. The molecule has 5 heteroatoms. The summed E-state index contributed by atoms with van der Waals surface area (Å²) in [7, 11) is -0.224. The summed E-state index contributed by atoms with van der Waals surface area (Å²) in [5.74, 6) is 0.516. The topological polar surface area (TPSA) is 17.1 Å². The fourth-order valence-electron chi connectivity index (χ4n) is 0.0386. The fraction of sp³-hybridized carbons (Fsp3) is 1.00. The summed E-state index contributed by atoms with van der Waals surface area (Å²) in [6, 6.07) is 0.